The van der Waals surface area contributed by atoms with Crippen LogP contribution in [0.4, 0.5) is 19.3 Å². The van der Waals surface area contributed by atoms with Crippen LogP contribution in [0.1, 0.15) is 31.9 Å². The third kappa shape index (κ3) is 3.31. The first kappa shape index (κ1) is 21.1. The maximum Gasteiger partial charge on any atom is 0.407 e. The molecule has 1 amide bonds. The minimum atomic E-state index is -1.02. The van der Waals surface area contributed by atoms with Gasteiger partial charge in [0, 0.05) is 35.2 Å². The number of alkyl carbamates (subject to hydrolysis) is 1. The highest BCUT2D eigenvalue weighted by molar-refractivity contribution is 5.96. The molecule has 0 saturated heterocycles. The van der Waals surface area contributed by atoms with Gasteiger partial charge >= 0.3 is 6.09 Å². The van der Waals surface area contributed by atoms with E-state index in [4.69, 9.17) is 4.74 Å². The van der Waals surface area contributed by atoms with E-state index in [2.05, 4.69) is 10.3 Å². The summed E-state index contributed by atoms with van der Waals surface area (Å²) in [5.74, 6) is -1.54. The topological polar surface area (TPSA) is 77.6 Å². The lowest BCUT2D eigenvalue weighted by Gasteiger charge is -2.46. The molecule has 0 bridgehead atoms. The van der Waals surface area contributed by atoms with Crippen LogP contribution in [-0.2, 0) is 11.2 Å². The molecule has 1 aliphatic heterocycles. The van der Waals surface area contributed by atoms with Crippen LogP contribution in [-0.4, -0.2) is 34.5 Å². The minimum Gasteiger partial charge on any atom is -0.450 e. The van der Waals surface area contributed by atoms with Gasteiger partial charge in [0.05, 0.1) is 35.0 Å². The van der Waals surface area contributed by atoms with E-state index in [1.807, 2.05) is 13.0 Å². The molecule has 0 radical (unpaired) electrons. The molecule has 0 saturated carbocycles. The van der Waals surface area contributed by atoms with Crippen molar-refractivity contribution in [2.24, 2.45) is 0 Å². The average molecular weight is 429 g/mol. The normalized spacial score (nSPS) is 17.5. The van der Waals surface area contributed by atoms with Crippen molar-refractivity contribution >= 4 is 22.7 Å². The molecular weight excluding hydrogens is 404 g/mol. The SMILES string of the molecule is CCOC(=O)N[C@H]1Cc2c(cc(F)c(-c3cccc4c(C)c[nH]c34)c2F)N(O)C1(C)C. The molecule has 1 aliphatic rings. The molecule has 1 atom stereocenters. The van der Waals surface area contributed by atoms with Crippen molar-refractivity contribution in [1.29, 1.82) is 0 Å². The molecule has 0 aliphatic carbocycles. The number of amides is 1. The van der Waals surface area contributed by atoms with E-state index in [-0.39, 0.29) is 29.8 Å². The number of benzene rings is 2. The third-order valence-corrected chi connectivity index (χ3v) is 6.09. The van der Waals surface area contributed by atoms with Crippen molar-refractivity contribution in [2.45, 2.75) is 45.7 Å². The van der Waals surface area contributed by atoms with Crippen LogP contribution in [0.5, 0.6) is 0 Å². The second kappa shape index (κ2) is 7.53. The first-order chi connectivity index (χ1) is 14.7. The molecule has 3 N–H and O–H groups in total. The molecule has 1 aromatic heterocycles. The summed E-state index contributed by atoms with van der Waals surface area (Å²) in [6.45, 7) is 7.14. The van der Waals surface area contributed by atoms with Crippen LogP contribution >= 0.6 is 0 Å². The minimum absolute atomic E-state index is 0.0421. The molecule has 0 fully saturated rings. The van der Waals surface area contributed by atoms with Crippen molar-refractivity contribution in [3.8, 4) is 11.1 Å². The second-order valence-electron chi connectivity index (χ2n) is 8.33. The highest BCUT2D eigenvalue weighted by Crippen LogP contribution is 2.42. The molecule has 2 heterocycles. The molecule has 164 valence electrons. The Hall–Kier alpha value is -3.13. The van der Waals surface area contributed by atoms with Crippen molar-refractivity contribution in [1.82, 2.24) is 10.3 Å². The quantitative estimate of drug-likeness (QED) is 0.544. The lowest BCUT2D eigenvalue weighted by Crippen LogP contribution is -2.62. The van der Waals surface area contributed by atoms with Gasteiger partial charge in [0.15, 0.2) is 0 Å². The number of rotatable bonds is 3. The number of carbonyl (C=O) groups is 1. The van der Waals surface area contributed by atoms with Gasteiger partial charge in [-0.3, -0.25) is 5.21 Å². The summed E-state index contributed by atoms with van der Waals surface area (Å²) in [5.41, 5.74) is 0.979. The van der Waals surface area contributed by atoms with Gasteiger partial charge in [-0.15, -0.1) is 0 Å². The van der Waals surface area contributed by atoms with Crippen molar-refractivity contribution in [3.05, 3.63) is 53.2 Å². The summed E-state index contributed by atoms with van der Waals surface area (Å²) < 4.78 is 35.9. The zero-order valence-corrected chi connectivity index (χ0v) is 17.8. The van der Waals surface area contributed by atoms with Gasteiger partial charge in [0.2, 0.25) is 0 Å². The molecule has 4 rings (SSSR count). The summed E-state index contributed by atoms with van der Waals surface area (Å²) in [7, 11) is 0. The predicted octanol–water partition coefficient (Wildman–Crippen LogP) is 5.07. The molecule has 0 spiro atoms. The monoisotopic (exact) mass is 429 g/mol. The number of nitrogens with zero attached hydrogens (tertiary/aromatic N) is 1. The number of hydrogen-bond donors (Lipinski definition) is 3. The van der Waals surface area contributed by atoms with Crippen LogP contribution in [0.25, 0.3) is 22.0 Å². The largest absolute Gasteiger partial charge is 0.450 e. The second-order valence-corrected chi connectivity index (χ2v) is 8.33. The number of fused-ring (bicyclic) bond motifs is 2. The van der Waals surface area contributed by atoms with Gasteiger partial charge in [-0.1, -0.05) is 18.2 Å². The van der Waals surface area contributed by atoms with Crippen molar-refractivity contribution in [3.63, 3.8) is 0 Å². The molecule has 6 nitrogen and oxygen atoms in total. The zero-order valence-electron chi connectivity index (χ0n) is 17.8. The van der Waals surface area contributed by atoms with Crippen LogP contribution in [0.3, 0.4) is 0 Å². The number of hydroxylamine groups is 1. The van der Waals surface area contributed by atoms with Gasteiger partial charge in [-0.25, -0.2) is 18.6 Å². The van der Waals surface area contributed by atoms with Gasteiger partial charge in [0.25, 0.3) is 0 Å². The zero-order chi connectivity index (χ0) is 22.5. The Morgan fingerprint density at radius 3 is 2.84 bits per heavy atom. The number of para-hydroxylation sites is 1. The highest BCUT2D eigenvalue weighted by Gasteiger charge is 2.44. The number of carbonyl (C=O) groups excluding carboxylic acids is 1. The van der Waals surface area contributed by atoms with Crippen molar-refractivity contribution < 1.29 is 23.5 Å². The maximum atomic E-state index is 15.8. The molecule has 8 heteroatoms. The summed E-state index contributed by atoms with van der Waals surface area (Å²) >= 11 is 0. The Labute approximate surface area is 178 Å². The Bertz CT molecular complexity index is 1170. The van der Waals surface area contributed by atoms with Gasteiger partial charge in [0.1, 0.15) is 11.6 Å². The highest BCUT2D eigenvalue weighted by atomic mass is 19.1. The third-order valence-electron chi connectivity index (χ3n) is 6.09. The van der Waals surface area contributed by atoms with E-state index in [0.717, 1.165) is 22.1 Å². The molecule has 3 aromatic rings. The smallest absolute Gasteiger partial charge is 0.407 e. The van der Waals surface area contributed by atoms with Gasteiger partial charge in [-0.05, 0) is 33.3 Å². The average Bonchev–Trinajstić information content (AvgIpc) is 3.09. The van der Waals surface area contributed by atoms with Crippen LogP contribution < -0.4 is 10.4 Å². The predicted molar refractivity (Wildman–Crippen MR) is 114 cm³/mol. The van der Waals surface area contributed by atoms with E-state index in [0.29, 0.717) is 11.1 Å². The molecular formula is C23H25F2N3O3. The van der Waals surface area contributed by atoms with Crippen molar-refractivity contribution in [2.75, 3.05) is 11.7 Å². The molecule has 2 aromatic carbocycles. The first-order valence-corrected chi connectivity index (χ1v) is 10.2. The number of anilines is 1. The summed E-state index contributed by atoms with van der Waals surface area (Å²) in [5, 5.41) is 15.2. The van der Waals surface area contributed by atoms with Crippen LogP contribution in [0.15, 0.2) is 30.5 Å². The van der Waals surface area contributed by atoms with Gasteiger partial charge < -0.3 is 15.0 Å². The van der Waals surface area contributed by atoms with E-state index in [9.17, 15) is 10.0 Å². The summed E-state index contributed by atoms with van der Waals surface area (Å²) in [4.78, 5) is 15.1. The number of aryl methyl sites for hydroxylation is 1. The Balaban J connectivity index is 1.86. The lowest BCUT2D eigenvalue weighted by molar-refractivity contribution is 0.110. The fourth-order valence-corrected chi connectivity index (χ4v) is 4.24. The number of halogens is 2. The Morgan fingerprint density at radius 2 is 2.13 bits per heavy atom. The first-order valence-electron chi connectivity index (χ1n) is 10.2. The van der Waals surface area contributed by atoms with E-state index >= 15 is 8.78 Å². The van der Waals surface area contributed by atoms with E-state index in [1.54, 1.807) is 39.1 Å². The number of H-pyrrole nitrogens is 1. The Kier molecular flexibility index (Phi) is 5.13. The fourth-order valence-electron chi connectivity index (χ4n) is 4.24. The van der Waals surface area contributed by atoms with Gasteiger partial charge in [-0.2, -0.15) is 0 Å². The summed E-state index contributed by atoms with van der Waals surface area (Å²) in [6.07, 6.45) is 1.20. The molecule has 0 unspecified atom stereocenters. The number of nitrogens with one attached hydrogen (secondary N) is 2. The van der Waals surface area contributed by atoms with E-state index in [1.165, 1.54) is 0 Å². The standard InChI is InChI=1S/C23H25F2N3O3/c1-5-31-22(29)27-18-9-15-17(28(30)23(18,3)4)10-16(24)19(20(15)25)14-8-6-7-13-12(2)11-26-21(13)14/h6-8,10-11,18,26,30H,5,9H2,1-4H3,(H,27,29)/t18-/m0/s1. The number of hydrogen-bond acceptors (Lipinski definition) is 4. The number of ether oxygens (including phenoxy) is 1. The molecule has 31 heavy (non-hydrogen) atoms. The number of aromatic amines is 1. The Morgan fingerprint density at radius 1 is 1.39 bits per heavy atom. The number of aromatic nitrogens is 1. The van der Waals surface area contributed by atoms with Crippen LogP contribution in [0, 0.1) is 18.6 Å². The van der Waals surface area contributed by atoms with Crippen LogP contribution in [0.2, 0.25) is 0 Å². The fraction of sp³-hybridized carbons (Fsp3) is 0.348. The lowest BCUT2D eigenvalue weighted by atomic mass is 9.82. The summed E-state index contributed by atoms with van der Waals surface area (Å²) in [6, 6.07) is 5.77. The van der Waals surface area contributed by atoms with E-state index < -0.39 is 29.3 Å². The maximum absolute atomic E-state index is 15.8.